The number of benzene rings is 4. The SMILES string of the molecule is CCOc1ccc(CCc2ccc(C#Cc3ccc4cc(F)c(F)cc4c3)c(F)c2)cc1. The molecule has 0 N–H and O–H groups in total. The zero-order valence-electron chi connectivity index (χ0n) is 17.6. The van der Waals surface area contributed by atoms with Gasteiger partial charge in [0.25, 0.3) is 0 Å². The van der Waals surface area contributed by atoms with Crippen LogP contribution in [0.5, 0.6) is 5.75 Å². The highest BCUT2D eigenvalue weighted by Gasteiger charge is 2.05. The fourth-order valence-electron chi connectivity index (χ4n) is 3.48. The van der Waals surface area contributed by atoms with Crippen molar-refractivity contribution < 1.29 is 17.9 Å². The lowest BCUT2D eigenvalue weighted by atomic mass is 10.0. The first-order valence-corrected chi connectivity index (χ1v) is 10.4. The molecular weight excluding hydrogens is 409 g/mol. The zero-order valence-corrected chi connectivity index (χ0v) is 17.6. The van der Waals surface area contributed by atoms with E-state index in [4.69, 9.17) is 4.74 Å². The molecule has 160 valence electrons. The smallest absolute Gasteiger partial charge is 0.159 e. The Hall–Kier alpha value is -3.71. The molecule has 4 rings (SSSR count). The monoisotopic (exact) mass is 430 g/mol. The molecule has 0 atom stereocenters. The molecule has 0 heterocycles. The highest BCUT2D eigenvalue weighted by molar-refractivity contribution is 5.84. The lowest BCUT2D eigenvalue weighted by molar-refractivity contribution is 0.340. The minimum Gasteiger partial charge on any atom is -0.494 e. The summed E-state index contributed by atoms with van der Waals surface area (Å²) in [4.78, 5) is 0. The van der Waals surface area contributed by atoms with Gasteiger partial charge in [0.2, 0.25) is 0 Å². The first kappa shape index (κ1) is 21.5. The largest absolute Gasteiger partial charge is 0.494 e. The minimum atomic E-state index is -0.908. The molecular formula is C28H21F3O. The van der Waals surface area contributed by atoms with Crippen LogP contribution in [0.15, 0.2) is 72.8 Å². The van der Waals surface area contributed by atoms with Crippen LogP contribution in [0, 0.1) is 29.3 Å². The van der Waals surface area contributed by atoms with E-state index in [1.807, 2.05) is 37.3 Å². The third kappa shape index (κ3) is 5.12. The molecule has 0 aliphatic rings. The summed E-state index contributed by atoms with van der Waals surface area (Å²) >= 11 is 0. The maximum Gasteiger partial charge on any atom is 0.159 e. The fourth-order valence-corrected chi connectivity index (χ4v) is 3.48. The predicted molar refractivity (Wildman–Crippen MR) is 121 cm³/mol. The lowest BCUT2D eigenvalue weighted by Crippen LogP contribution is -1.95. The summed E-state index contributed by atoms with van der Waals surface area (Å²) in [5.41, 5.74) is 2.94. The van der Waals surface area contributed by atoms with Crippen molar-refractivity contribution in [3.63, 3.8) is 0 Å². The van der Waals surface area contributed by atoms with Crippen molar-refractivity contribution >= 4 is 10.8 Å². The van der Waals surface area contributed by atoms with Gasteiger partial charge in [-0.2, -0.15) is 0 Å². The summed E-state index contributed by atoms with van der Waals surface area (Å²) in [5, 5.41) is 1.12. The van der Waals surface area contributed by atoms with Crippen LogP contribution in [0.2, 0.25) is 0 Å². The van der Waals surface area contributed by atoms with Gasteiger partial charge in [0.1, 0.15) is 11.6 Å². The second kappa shape index (κ2) is 9.62. The van der Waals surface area contributed by atoms with E-state index in [-0.39, 0.29) is 5.82 Å². The van der Waals surface area contributed by atoms with Gasteiger partial charge in [-0.1, -0.05) is 36.1 Å². The van der Waals surface area contributed by atoms with Crippen LogP contribution in [0.3, 0.4) is 0 Å². The Labute approximate surface area is 185 Å². The van der Waals surface area contributed by atoms with Crippen molar-refractivity contribution in [3.8, 4) is 17.6 Å². The first-order valence-electron chi connectivity index (χ1n) is 10.4. The Bertz CT molecular complexity index is 1310. The van der Waals surface area contributed by atoms with E-state index in [1.54, 1.807) is 24.3 Å². The maximum absolute atomic E-state index is 14.6. The van der Waals surface area contributed by atoms with E-state index in [9.17, 15) is 13.2 Å². The average molecular weight is 430 g/mol. The topological polar surface area (TPSA) is 9.23 Å². The zero-order chi connectivity index (χ0) is 22.5. The number of halogens is 3. The standard InChI is InChI=1S/C28H21F3O/c1-2-32-25-13-8-19(9-14-25)3-4-21-6-11-22(26(29)16-21)10-5-20-7-12-23-17-27(30)28(31)18-24(23)15-20/h6-9,11-18H,2-4H2,1H3. The van der Waals surface area contributed by atoms with Gasteiger partial charge < -0.3 is 4.74 Å². The molecule has 4 heteroatoms. The van der Waals surface area contributed by atoms with E-state index in [2.05, 4.69) is 11.8 Å². The second-order valence-corrected chi connectivity index (χ2v) is 7.47. The predicted octanol–water partition coefficient (Wildman–Crippen LogP) is 6.84. The van der Waals surface area contributed by atoms with Crippen LogP contribution >= 0.6 is 0 Å². The third-order valence-corrected chi connectivity index (χ3v) is 5.19. The van der Waals surface area contributed by atoms with Crippen LogP contribution < -0.4 is 4.74 Å². The molecule has 0 saturated carbocycles. The van der Waals surface area contributed by atoms with Crippen LogP contribution in [0.4, 0.5) is 13.2 Å². The first-order chi connectivity index (χ1) is 15.5. The van der Waals surface area contributed by atoms with Gasteiger partial charge in [0.05, 0.1) is 12.2 Å². The molecule has 4 aromatic carbocycles. The van der Waals surface area contributed by atoms with Crippen molar-refractivity contribution in [1.82, 2.24) is 0 Å². The number of aryl methyl sites for hydroxylation is 2. The minimum absolute atomic E-state index is 0.292. The van der Waals surface area contributed by atoms with Crippen molar-refractivity contribution in [2.45, 2.75) is 19.8 Å². The number of ether oxygens (including phenoxy) is 1. The summed E-state index contributed by atoms with van der Waals surface area (Å²) in [5.74, 6) is 4.40. The van der Waals surface area contributed by atoms with Crippen molar-refractivity contribution in [1.29, 1.82) is 0 Å². The molecule has 32 heavy (non-hydrogen) atoms. The normalized spacial score (nSPS) is 10.6. The molecule has 0 radical (unpaired) electrons. The fraction of sp³-hybridized carbons (Fsp3) is 0.143. The number of rotatable bonds is 5. The second-order valence-electron chi connectivity index (χ2n) is 7.47. The molecule has 0 aliphatic carbocycles. The molecule has 0 bridgehead atoms. The van der Waals surface area contributed by atoms with Gasteiger partial charge in [0, 0.05) is 5.56 Å². The maximum atomic E-state index is 14.6. The molecule has 4 aromatic rings. The average Bonchev–Trinajstić information content (AvgIpc) is 2.79. The summed E-state index contributed by atoms with van der Waals surface area (Å²) in [6, 6.07) is 20.3. The molecule has 0 fully saturated rings. The van der Waals surface area contributed by atoms with Gasteiger partial charge >= 0.3 is 0 Å². The summed E-state index contributed by atoms with van der Waals surface area (Å²) < 4.78 is 46.8. The Morgan fingerprint density at radius 2 is 1.34 bits per heavy atom. The lowest BCUT2D eigenvalue weighted by Gasteiger charge is -2.06. The van der Waals surface area contributed by atoms with Gasteiger partial charge in [-0.05, 0) is 90.2 Å². The number of fused-ring (bicyclic) bond motifs is 1. The molecule has 0 unspecified atom stereocenters. The molecule has 0 saturated heterocycles. The van der Waals surface area contributed by atoms with Gasteiger partial charge in [0.15, 0.2) is 11.6 Å². The molecule has 0 aliphatic heterocycles. The summed E-state index contributed by atoms with van der Waals surface area (Å²) in [7, 11) is 0. The summed E-state index contributed by atoms with van der Waals surface area (Å²) in [6.45, 7) is 2.58. The quantitative estimate of drug-likeness (QED) is 0.315. The van der Waals surface area contributed by atoms with Gasteiger partial charge in [-0.15, -0.1) is 0 Å². The van der Waals surface area contributed by atoms with Crippen LogP contribution in [0.25, 0.3) is 10.8 Å². The van der Waals surface area contributed by atoms with Gasteiger partial charge in [-0.25, -0.2) is 13.2 Å². The van der Waals surface area contributed by atoms with Crippen LogP contribution in [-0.2, 0) is 12.8 Å². The summed E-state index contributed by atoms with van der Waals surface area (Å²) in [6.07, 6.45) is 1.51. The Balaban J connectivity index is 1.45. The van der Waals surface area contributed by atoms with E-state index < -0.39 is 11.6 Å². The molecule has 0 amide bonds. The van der Waals surface area contributed by atoms with E-state index >= 15 is 0 Å². The van der Waals surface area contributed by atoms with Crippen molar-refractivity contribution in [3.05, 3.63) is 113 Å². The third-order valence-electron chi connectivity index (χ3n) is 5.19. The van der Waals surface area contributed by atoms with Crippen LogP contribution in [0.1, 0.15) is 29.2 Å². The molecule has 0 spiro atoms. The highest BCUT2D eigenvalue weighted by Crippen LogP contribution is 2.20. The number of hydrogen-bond donors (Lipinski definition) is 0. The van der Waals surface area contributed by atoms with E-state index in [1.165, 1.54) is 6.07 Å². The van der Waals surface area contributed by atoms with Gasteiger partial charge in [-0.3, -0.25) is 0 Å². The number of hydrogen-bond acceptors (Lipinski definition) is 1. The Morgan fingerprint density at radius 1 is 0.656 bits per heavy atom. The van der Waals surface area contributed by atoms with Crippen molar-refractivity contribution in [2.24, 2.45) is 0 Å². The van der Waals surface area contributed by atoms with E-state index in [0.717, 1.165) is 35.4 Å². The van der Waals surface area contributed by atoms with Crippen molar-refractivity contribution in [2.75, 3.05) is 6.61 Å². The Morgan fingerprint density at radius 3 is 2.06 bits per heavy atom. The highest BCUT2D eigenvalue weighted by atomic mass is 19.2. The molecule has 0 aromatic heterocycles. The molecule has 1 nitrogen and oxygen atoms in total. The van der Waals surface area contributed by atoms with Crippen LogP contribution in [-0.4, -0.2) is 6.61 Å². The Kier molecular flexibility index (Phi) is 6.47. The van der Waals surface area contributed by atoms with E-state index in [0.29, 0.717) is 34.9 Å².